The molecule has 1 aromatic carbocycles. The van der Waals surface area contributed by atoms with Crippen LogP contribution in [-0.2, 0) is 17.8 Å². The van der Waals surface area contributed by atoms with Gasteiger partial charge in [0.1, 0.15) is 5.75 Å². The van der Waals surface area contributed by atoms with E-state index in [4.69, 9.17) is 4.74 Å². The van der Waals surface area contributed by atoms with Gasteiger partial charge < -0.3 is 15.0 Å². The first-order chi connectivity index (χ1) is 12.8. The average molecular weight is 353 g/mol. The summed E-state index contributed by atoms with van der Waals surface area (Å²) in [5, 5.41) is 3.44. The van der Waals surface area contributed by atoms with E-state index in [1.165, 1.54) is 5.56 Å². The van der Waals surface area contributed by atoms with Crippen LogP contribution in [0.3, 0.4) is 0 Å². The highest BCUT2D eigenvalue weighted by atomic mass is 16.5. The fourth-order valence-corrected chi connectivity index (χ4v) is 3.47. The van der Waals surface area contributed by atoms with Crippen molar-refractivity contribution in [1.82, 2.24) is 15.2 Å². The number of aromatic nitrogens is 1. The van der Waals surface area contributed by atoms with Gasteiger partial charge in [-0.2, -0.15) is 0 Å². The minimum absolute atomic E-state index is 0.280. The van der Waals surface area contributed by atoms with Gasteiger partial charge in [-0.05, 0) is 55.6 Å². The molecule has 26 heavy (non-hydrogen) atoms. The summed E-state index contributed by atoms with van der Waals surface area (Å²) < 4.78 is 5.28. The second-order valence-corrected chi connectivity index (χ2v) is 6.67. The van der Waals surface area contributed by atoms with Crippen molar-refractivity contribution in [3.8, 4) is 5.75 Å². The van der Waals surface area contributed by atoms with E-state index in [0.29, 0.717) is 12.5 Å². The Morgan fingerprint density at radius 1 is 1.27 bits per heavy atom. The molecule has 1 atom stereocenters. The molecule has 2 heterocycles. The Kier molecular flexibility index (Phi) is 6.61. The quantitative estimate of drug-likeness (QED) is 0.705. The van der Waals surface area contributed by atoms with E-state index >= 15 is 0 Å². The van der Waals surface area contributed by atoms with Crippen molar-refractivity contribution in [3.05, 3.63) is 59.9 Å². The Morgan fingerprint density at radius 2 is 2.19 bits per heavy atom. The van der Waals surface area contributed by atoms with Gasteiger partial charge in [0, 0.05) is 31.7 Å². The molecular weight excluding hydrogens is 326 g/mol. The van der Waals surface area contributed by atoms with E-state index in [2.05, 4.69) is 21.3 Å². The number of hydrogen-bond donors (Lipinski definition) is 1. The number of methoxy groups -OCH3 is 1. The summed E-state index contributed by atoms with van der Waals surface area (Å²) >= 11 is 0. The standard InChI is InChI=1S/C21H27N3O2/c1-26-20-7-4-5-17(15-20)11-14-24-19(8-9-21(24)25)10-13-22-16-18-6-2-3-12-23-18/h2-7,12,15,19,22H,8-11,13-14,16H2,1H3. The highest BCUT2D eigenvalue weighted by Crippen LogP contribution is 2.22. The Bertz CT molecular complexity index is 705. The number of nitrogens with zero attached hydrogens (tertiary/aromatic N) is 2. The fraction of sp³-hybridized carbons (Fsp3) is 0.429. The molecule has 1 N–H and O–H groups in total. The Morgan fingerprint density at radius 3 is 3.00 bits per heavy atom. The molecular formula is C21H27N3O2. The molecule has 0 bridgehead atoms. The van der Waals surface area contributed by atoms with Crippen molar-refractivity contribution in [1.29, 1.82) is 0 Å². The van der Waals surface area contributed by atoms with Crippen LogP contribution in [0.1, 0.15) is 30.5 Å². The first-order valence-electron chi connectivity index (χ1n) is 9.29. The number of carbonyl (C=O) groups is 1. The number of amides is 1. The molecule has 5 heteroatoms. The zero-order valence-electron chi connectivity index (χ0n) is 15.4. The molecule has 5 nitrogen and oxygen atoms in total. The number of ether oxygens (including phenoxy) is 1. The van der Waals surface area contributed by atoms with Crippen LogP contribution in [0.5, 0.6) is 5.75 Å². The Balaban J connectivity index is 1.45. The topological polar surface area (TPSA) is 54.5 Å². The molecule has 0 spiro atoms. The number of nitrogens with one attached hydrogen (secondary N) is 1. The number of carbonyl (C=O) groups excluding carboxylic acids is 1. The third kappa shape index (κ3) is 5.05. The van der Waals surface area contributed by atoms with Crippen molar-refractivity contribution in [3.63, 3.8) is 0 Å². The van der Waals surface area contributed by atoms with Gasteiger partial charge in [-0.15, -0.1) is 0 Å². The Labute approximate surface area is 155 Å². The van der Waals surface area contributed by atoms with E-state index in [1.807, 2.05) is 42.6 Å². The molecule has 1 fully saturated rings. The molecule has 1 aliphatic rings. The lowest BCUT2D eigenvalue weighted by Crippen LogP contribution is -2.36. The highest BCUT2D eigenvalue weighted by molar-refractivity contribution is 5.78. The first-order valence-corrected chi connectivity index (χ1v) is 9.29. The maximum Gasteiger partial charge on any atom is 0.222 e. The van der Waals surface area contributed by atoms with Crippen molar-refractivity contribution in [2.75, 3.05) is 20.2 Å². The summed E-state index contributed by atoms with van der Waals surface area (Å²) in [6.45, 7) is 2.44. The van der Waals surface area contributed by atoms with Gasteiger partial charge in [-0.1, -0.05) is 18.2 Å². The summed E-state index contributed by atoms with van der Waals surface area (Å²) in [6.07, 6.45) is 5.29. The molecule has 2 aromatic rings. The minimum Gasteiger partial charge on any atom is -0.497 e. The van der Waals surface area contributed by atoms with Crippen molar-refractivity contribution < 1.29 is 9.53 Å². The average Bonchev–Trinajstić information content (AvgIpc) is 3.04. The van der Waals surface area contributed by atoms with Crippen LogP contribution in [0.15, 0.2) is 48.7 Å². The highest BCUT2D eigenvalue weighted by Gasteiger charge is 2.29. The van der Waals surface area contributed by atoms with Crippen LogP contribution in [0.25, 0.3) is 0 Å². The van der Waals surface area contributed by atoms with Gasteiger partial charge >= 0.3 is 0 Å². The molecule has 1 saturated heterocycles. The van der Waals surface area contributed by atoms with Crippen molar-refractivity contribution >= 4 is 5.91 Å². The Hall–Kier alpha value is -2.40. The summed E-state index contributed by atoms with van der Waals surface area (Å²) in [6, 6.07) is 14.4. The van der Waals surface area contributed by atoms with Crippen molar-refractivity contribution in [2.45, 2.75) is 38.3 Å². The molecule has 0 aliphatic carbocycles. The second kappa shape index (κ2) is 9.34. The van der Waals surface area contributed by atoms with Crippen LogP contribution >= 0.6 is 0 Å². The zero-order chi connectivity index (χ0) is 18.2. The number of likely N-dealkylation sites (tertiary alicyclic amines) is 1. The predicted molar refractivity (Wildman–Crippen MR) is 102 cm³/mol. The van der Waals surface area contributed by atoms with Gasteiger partial charge in [0.25, 0.3) is 0 Å². The van der Waals surface area contributed by atoms with Gasteiger partial charge in [0.15, 0.2) is 0 Å². The number of benzene rings is 1. The third-order valence-corrected chi connectivity index (χ3v) is 4.91. The molecule has 1 unspecified atom stereocenters. The molecule has 0 saturated carbocycles. The van der Waals surface area contributed by atoms with Crippen LogP contribution < -0.4 is 10.1 Å². The molecule has 1 amide bonds. The molecule has 1 aliphatic heterocycles. The van der Waals surface area contributed by atoms with E-state index < -0.39 is 0 Å². The van der Waals surface area contributed by atoms with E-state index in [1.54, 1.807) is 7.11 Å². The van der Waals surface area contributed by atoms with E-state index in [-0.39, 0.29) is 5.91 Å². The van der Waals surface area contributed by atoms with Crippen LogP contribution in [-0.4, -0.2) is 42.0 Å². The van der Waals surface area contributed by atoms with Crippen molar-refractivity contribution in [2.24, 2.45) is 0 Å². The SMILES string of the molecule is COc1cccc(CCN2C(=O)CCC2CCNCc2ccccn2)c1. The summed E-state index contributed by atoms with van der Waals surface area (Å²) in [5.41, 5.74) is 2.25. The maximum atomic E-state index is 12.3. The van der Waals surface area contributed by atoms with Crippen LogP contribution in [0.2, 0.25) is 0 Å². The number of pyridine rings is 1. The van der Waals surface area contributed by atoms with E-state index in [0.717, 1.165) is 50.3 Å². The van der Waals surface area contributed by atoms with Crippen LogP contribution in [0.4, 0.5) is 0 Å². The molecule has 138 valence electrons. The third-order valence-electron chi connectivity index (χ3n) is 4.91. The molecule has 1 aromatic heterocycles. The number of hydrogen-bond acceptors (Lipinski definition) is 4. The zero-order valence-corrected chi connectivity index (χ0v) is 15.4. The predicted octanol–water partition coefficient (Wildman–Crippen LogP) is 2.80. The lowest BCUT2D eigenvalue weighted by atomic mass is 10.1. The smallest absolute Gasteiger partial charge is 0.222 e. The summed E-state index contributed by atoms with van der Waals surface area (Å²) in [4.78, 5) is 18.6. The second-order valence-electron chi connectivity index (χ2n) is 6.67. The lowest BCUT2D eigenvalue weighted by molar-refractivity contribution is -0.129. The minimum atomic E-state index is 0.280. The molecule has 0 radical (unpaired) electrons. The lowest BCUT2D eigenvalue weighted by Gasteiger charge is -2.25. The fourth-order valence-electron chi connectivity index (χ4n) is 3.47. The largest absolute Gasteiger partial charge is 0.497 e. The van der Waals surface area contributed by atoms with Gasteiger partial charge in [-0.3, -0.25) is 9.78 Å². The molecule has 3 rings (SSSR count). The van der Waals surface area contributed by atoms with Gasteiger partial charge in [0.05, 0.1) is 12.8 Å². The normalized spacial score (nSPS) is 16.9. The maximum absolute atomic E-state index is 12.3. The van der Waals surface area contributed by atoms with Gasteiger partial charge in [0.2, 0.25) is 5.91 Å². The monoisotopic (exact) mass is 353 g/mol. The first kappa shape index (κ1) is 18.4. The summed E-state index contributed by atoms with van der Waals surface area (Å²) in [7, 11) is 1.68. The number of rotatable bonds is 9. The van der Waals surface area contributed by atoms with Crippen LogP contribution in [0, 0.1) is 0 Å². The van der Waals surface area contributed by atoms with E-state index in [9.17, 15) is 4.79 Å². The van der Waals surface area contributed by atoms with Gasteiger partial charge in [-0.25, -0.2) is 0 Å². The summed E-state index contributed by atoms with van der Waals surface area (Å²) in [5.74, 6) is 1.15.